The van der Waals surface area contributed by atoms with E-state index >= 15 is 0 Å². The van der Waals surface area contributed by atoms with E-state index in [1.54, 1.807) is 18.2 Å². The lowest BCUT2D eigenvalue weighted by atomic mass is 10.0. The number of carbonyl (C=O) groups excluding carboxylic acids is 1. The molecule has 0 saturated heterocycles. The molecule has 0 amide bonds. The highest BCUT2D eigenvalue weighted by Crippen LogP contribution is 2.34. The summed E-state index contributed by atoms with van der Waals surface area (Å²) in [5.41, 5.74) is 1.01. The standard InChI is InChI=1S/C15H12ClIO3/c1-19-13-7-10(11(16)8-14(13)20-2)15(18)9-5-3-4-6-12(9)17/h3-8H,1-2H3. The minimum absolute atomic E-state index is 0.138. The molecule has 2 aromatic rings. The Morgan fingerprint density at radius 1 is 1.05 bits per heavy atom. The molecular weight excluding hydrogens is 391 g/mol. The Labute approximate surface area is 136 Å². The lowest BCUT2D eigenvalue weighted by molar-refractivity contribution is 0.103. The van der Waals surface area contributed by atoms with Crippen molar-refractivity contribution in [2.24, 2.45) is 0 Å². The minimum Gasteiger partial charge on any atom is -0.493 e. The molecule has 20 heavy (non-hydrogen) atoms. The predicted octanol–water partition coefficient (Wildman–Crippen LogP) is 4.19. The normalized spacial score (nSPS) is 10.2. The van der Waals surface area contributed by atoms with Crippen molar-refractivity contribution in [2.45, 2.75) is 0 Å². The number of methoxy groups -OCH3 is 2. The first kappa shape index (κ1) is 15.1. The maximum Gasteiger partial charge on any atom is 0.195 e. The zero-order valence-corrected chi connectivity index (χ0v) is 13.9. The molecule has 0 fully saturated rings. The van der Waals surface area contributed by atoms with Crippen LogP contribution in [0.1, 0.15) is 15.9 Å². The van der Waals surface area contributed by atoms with E-state index in [2.05, 4.69) is 22.6 Å². The lowest BCUT2D eigenvalue weighted by Gasteiger charge is -2.11. The molecule has 0 atom stereocenters. The van der Waals surface area contributed by atoms with Crippen molar-refractivity contribution in [1.82, 2.24) is 0 Å². The van der Waals surface area contributed by atoms with Gasteiger partial charge >= 0.3 is 0 Å². The molecule has 0 heterocycles. The number of carbonyl (C=O) groups is 1. The third-order valence-corrected chi connectivity index (χ3v) is 4.09. The summed E-state index contributed by atoms with van der Waals surface area (Å²) in [7, 11) is 3.04. The molecular formula is C15H12ClIO3. The van der Waals surface area contributed by atoms with Crippen LogP contribution in [-0.4, -0.2) is 20.0 Å². The Bertz CT molecular complexity index is 656. The Balaban J connectivity index is 2.53. The number of ketones is 1. The summed E-state index contributed by atoms with van der Waals surface area (Å²) < 4.78 is 11.2. The number of rotatable bonds is 4. The quantitative estimate of drug-likeness (QED) is 0.568. The van der Waals surface area contributed by atoms with Gasteiger partial charge in [0.15, 0.2) is 17.3 Å². The Hall–Kier alpha value is -1.27. The second kappa shape index (κ2) is 6.45. The third-order valence-electron chi connectivity index (χ3n) is 2.84. The van der Waals surface area contributed by atoms with Gasteiger partial charge in [0.25, 0.3) is 0 Å². The molecule has 0 saturated carbocycles. The van der Waals surface area contributed by atoms with Crippen LogP contribution in [0, 0.1) is 3.57 Å². The summed E-state index contributed by atoms with van der Waals surface area (Å²) in [6.07, 6.45) is 0. The van der Waals surface area contributed by atoms with Crippen molar-refractivity contribution in [3.05, 3.63) is 56.1 Å². The first-order chi connectivity index (χ1) is 9.58. The monoisotopic (exact) mass is 402 g/mol. The van der Waals surface area contributed by atoms with E-state index in [-0.39, 0.29) is 5.78 Å². The summed E-state index contributed by atoms with van der Waals surface area (Å²) in [6.45, 7) is 0. The van der Waals surface area contributed by atoms with Crippen LogP contribution in [-0.2, 0) is 0 Å². The van der Waals surface area contributed by atoms with Gasteiger partial charge in [-0.05, 0) is 40.8 Å². The molecule has 2 rings (SSSR count). The smallest absolute Gasteiger partial charge is 0.195 e. The first-order valence-corrected chi connectivity index (χ1v) is 7.25. The first-order valence-electron chi connectivity index (χ1n) is 5.79. The van der Waals surface area contributed by atoms with Crippen molar-refractivity contribution in [3.63, 3.8) is 0 Å². The van der Waals surface area contributed by atoms with Crippen molar-refractivity contribution in [3.8, 4) is 11.5 Å². The average Bonchev–Trinajstić information content (AvgIpc) is 2.46. The fourth-order valence-corrected chi connectivity index (χ4v) is 2.69. The van der Waals surface area contributed by atoms with Crippen molar-refractivity contribution in [2.75, 3.05) is 14.2 Å². The molecule has 104 valence electrons. The number of benzene rings is 2. The second-order valence-electron chi connectivity index (χ2n) is 4.00. The Morgan fingerprint density at radius 2 is 1.65 bits per heavy atom. The topological polar surface area (TPSA) is 35.5 Å². The van der Waals surface area contributed by atoms with E-state index in [0.29, 0.717) is 27.6 Å². The van der Waals surface area contributed by atoms with Crippen LogP contribution in [0.3, 0.4) is 0 Å². The molecule has 0 spiro atoms. The van der Waals surface area contributed by atoms with Gasteiger partial charge in [0.2, 0.25) is 0 Å². The Morgan fingerprint density at radius 3 is 2.25 bits per heavy atom. The van der Waals surface area contributed by atoms with E-state index in [4.69, 9.17) is 21.1 Å². The van der Waals surface area contributed by atoms with Gasteiger partial charge in [0, 0.05) is 20.8 Å². The maximum atomic E-state index is 12.6. The van der Waals surface area contributed by atoms with Crippen LogP contribution < -0.4 is 9.47 Å². The van der Waals surface area contributed by atoms with Gasteiger partial charge in [-0.2, -0.15) is 0 Å². The predicted molar refractivity (Wildman–Crippen MR) is 87.1 cm³/mol. The van der Waals surface area contributed by atoms with Crippen LogP contribution in [0.15, 0.2) is 36.4 Å². The van der Waals surface area contributed by atoms with Gasteiger partial charge in [0.1, 0.15) is 0 Å². The highest BCUT2D eigenvalue weighted by molar-refractivity contribution is 14.1. The Kier molecular flexibility index (Phi) is 4.88. The van der Waals surface area contributed by atoms with E-state index in [1.165, 1.54) is 14.2 Å². The number of halogens is 2. The van der Waals surface area contributed by atoms with Crippen molar-refractivity contribution >= 4 is 40.0 Å². The van der Waals surface area contributed by atoms with Crippen LogP contribution in [0.5, 0.6) is 11.5 Å². The molecule has 0 aliphatic rings. The number of hydrogen-bond donors (Lipinski definition) is 0. The SMILES string of the molecule is COc1cc(Cl)c(C(=O)c2ccccc2I)cc1OC. The van der Waals surface area contributed by atoms with E-state index in [0.717, 1.165) is 3.57 Å². The molecule has 3 nitrogen and oxygen atoms in total. The summed E-state index contributed by atoms with van der Waals surface area (Å²) in [5.74, 6) is 0.837. The second-order valence-corrected chi connectivity index (χ2v) is 5.57. The molecule has 0 bridgehead atoms. The molecule has 0 aromatic heterocycles. The molecule has 0 aliphatic carbocycles. The summed E-state index contributed by atoms with van der Waals surface area (Å²) >= 11 is 8.30. The zero-order valence-electron chi connectivity index (χ0n) is 10.9. The van der Waals surface area contributed by atoms with Crippen LogP contribution in [0.2, 0.25) is 5.02 Å². The van der Waals surface area contributed by atoms with E-state index < -0.39 is 0 Å². The van der Waals surface area contributed by atoms with Gasteiger partial charge in [-0.1, -0.05) is 23.7 Å². The fraction of sp³-hybridized carbons (Fsp3) is 0.133. The van der Waals surface area contributed by atoms with E-state index in [9.17, 15) is 4.79 Å². The van der Waals surface area contributed by atoms with Gasteiger partial charge in [-0.25, -0.2) is 0 Å². The van der Waals surface area contributed by atoms with Gasteiger partial charge in [-0.3, -0.25) is 4.79 Å². The van der Waals surface area contributed by atoms with Crippen molar-refractivity contribution in [1.29, 1.82) is 0 Å². The largest absolute Gasteiger partial charge is 0.493 e. The van der Waals surface area contributed by atoms with Gasteiger partial charge in [0.05, 0.1) is 19.2 Å². The van der Waals surface area contributed by atoms with Crippen molar-refractivity contribution < 1.29 is 14.3 Å². The lowest BCUT2D eigenvalue weighted by Crippen LogP contribution is -2.05. The minimum atomic E-state index is -0.138. The summed E-state index contributed by atoms with van der Waals surface area (Å²) in [5, 5.41) is 0.340. The zero-order chi connectivity index (χ0) is 14.7. The molecule has 0 radical (unpaired) electrons. The van der Waals surface area contributed by atoms with E-state index in [1.807, 2.05) is 18.2 Å². The van der Waals surface area contributed by atoms with Gasteiger partial charge in [-0.15, -0.1) is 0 Å². The molecule has 5 heteroatoms. The van der Waals surface area contributed by atoms with Gasteiger partial charge < -0.3 is 9.47 Å². The highest BCUT2D eigenvalue weighted by atomic mass is 127. The van der Waals surface area contributed by atoms with Crippen LogP contribution in [0.4, 0.5) is 0 Å². The fourth-order valence-electron chi connectivity index (χ4n) is 1.82. The average molecular weight is 403 g/mol. The molecule has 0 unspecified atom stereocenters. The number of hydrogen-bond acceptors (Lipinski definition) is 3. The summed E-state index contributed by atoms with van der Waals surface area (Å²) in [4.78, 5) is 12.6. The molecule has 0 N–H and O–H groups in total. The van der Waals surface area contributed by atoms with Crippen LogP contribution in [0.25, 0.3) is 0 Å². The molecule has 0 aliphatic heterocycles. The molecule has 2 aromatic carbocycles. The highest BCUT2D eigenvalue weighted by Gasteiger charge is 2.18. The van der Waals surface area contributed by atoms with Crippen LogP contribution >= 0.6 is 34.2 Å². The third kappa shape index (κ3) is 2.91. The summed E-state index contributed by atoms with van der Waals surface area (Å²) in [6, 6.07) is 10.6. The maximum absolute atomic E-state index is 12.6. The number of ether oxygens (including phenoxy) is 2.